The summed E-state index contributed by atoms with van der Waals surface area (Å²) in [6.07, 6.45) is 9.35. The maximum absolute atomic E-state index is 13.5. The standard InChI is InChI=1S/C28H37FN2/c1-21(12-13-23-8-7-11-27(29)18-23)30-28(20-31-16-5-6-17-31)22(2)25-15-14-24-9-3-4-10-26(24)19-25/h7-8,11,14-15,18-19,22,28,30H,1,3-6,9-10,12-13,16-17,20H2,2H3. The molecule has 1 aliphatic heterocycles. The van der Waals surface area contributed by atoms with Gasteiger partial charge in [-0.15, -0.1) is 0 Å². The fourth-order valence-electron chi connectivity index (χ4n) is 5.16. The van der Waals surface area contributed by atoms with E-state index in [2.05, 4.69) is 41.9 Å². The van der Waals surface area contributed by atoms with Gasteiger partial charge in [-0.05, 0) is 98.8 Å². The van der Waals surface area contributed by atoms with Crippen LogP contribution in [0.1, 0.15) is 67.2 Å². The van der Waals surface area contributed by atoms with Crippen molar-refractivity contribution in [2.24, 2.45) is 0 Å². The van der Waals surface area contributed by atoms with E-state index in [0.717, 1.165) is 30.6 Å². The van der Waals surface area contributed by atoms with Crippen molar-refractivity contribution in [1.82, 2.24) is 10.2 Å². The molecule has 3 heteroatoms. The Morgan fingerprint density at radius 1 is 1.03 bits per heavy atom. The smallest absolute Gasteiger partial charge is 0.123 e. The number of benzene rings is 2. The van der Waals surface area contributed by atoms with Crippen LogP contribution in [0, 0.1) is 5.82 Å². The van der Waals surface area contributed by atoms with Crippen LogP contribution >= 0.6 is 0 Å². The van der Waals surface area contributed by atoms with E-state index in [1.165, 1.54) is 63.2 Å². The molecule has 0 spiro atoms. The zero-order valence-electron chi connectivity index (χ0n) is 19.0. The zero-order valence-corrected chi connectivity index (χ0v) is 19.0. The van der Waals surface area contributed by atoms with Crippen LogP contribution in [0.4, 0.5) is 4.39 Å². The second kappa shape index (κ2) is 10.5. The molecule has 2 nitrogen and oxygen atoms in total. The molecule has 1 aliphatic carbocycles. The number of nitrogens with one attached hydrogen (secondary N) is 1. The van der Waals surface area contributed by atoms with Crippen LogP contribution in [-0.2, 0) is 19.3 Å². The van der Waals surface area contributed by atoms with Crippen molar-refractivity contribution in [3.05, 3.63) is 82.8 Å². The predicted molar refractivity (Wildman–Crippen MR) is 128 cm³/mol. The average Bonchev–Trinajstić information content (AvgIpc) is 3.30. The summed E-state index contributed by atoms with van der Waals surface area (Å²) in [7, 11) is 0. The van der Waals surface area contributed by atoms with Gasteiger partial charge in [-0.2, -0.15) is 0 Å². The van der Waals surface area contributed by atoms with E-state index >= 15 is 0 Å². The molecule has 2 aromatic rings. The van der Waals surface area contributed by atoms with Crippen LogP contribution in [0.25, 0.3) is 0 Å². The highest BCUT2D eigenvalue weighted by molar-refractivity contribution is 5.36. The first-order chi connectivity index (χ1) is 15.1. The second-order valence-corrected chi connectivity index (χ2v) is 9.52. The minimum absolute atomic E-state index is 0.163. The average molecular weight is 421 g/mol. The fourth-order valence-corrected chi connectivity index (χ4v) is 5.16. The van der Waals surface area contributed by atoms with Crippen molar-refractivity contribution < 1.29 is 4.39 Å². The number of nitrogens with zero attached hydrogens (tertiary/aromatic N) is 1. The van der Waals surface area contributed by atoms with Gasteiger partial charge in [0.25, 0.3) is 0 Å². The van der Waals surface area contributed by atoms with Crippen molar-refractivity contribution in [3.8, 4) is 0 Å². The van der Waals surface area contributed by atoms with Crippen LogP contribution in [-0.4, -0.2) is 30.6 Å². The maximum Gasteiger partial charge on any atom is 0.123 e. The summed E-state index contributed by atoms with van der Waals surface area (Å²) in [5, 5.41) is 3.78. The van der Waals surface area contributed by atoms with Crippen molar-refractivity contribution in [2.75, 3.05) is 19.6 Å². The molecule has 2 aliphatic rings. The monoisotopic (exact) mass is 420 g/mol. The van der Waals surface area contributed by atoms with Gasteiger partial charge in [-0.1, -0.05) is 43.8 Å². The normalized spacial score (nSPS) is 18.4. The number of hydrogen-bond donors (Lipinski definition) is 1. The van der Waals surface area contributed by atoms with Crippen LogP contribution in [0.3, 0.4) is 0 Å². The quantitative estimate of drug-likeness (QED) is 0.534. The summed E-state index contributed by atoms with van der Waals surface area (Å²) in [5.41, 5.74) is 6.63. The highest BCUT2D eigenvalue weighted by Gasteiger charge is 2.24. The molecule has 0 amide bonds. The molecule has 0 radical (unpaired) electrons. The Morgan fingerprint density at radius 2 is 1.81 bits per heavy atom. The third-order valence-corrected chi connectivity index (χ3v) is 7.15. The molecule has 1 heterocycles. The number of allylic oxidation sites excluding steroid dienone is 1. The molecule has 4 rings (SSSR count). The minimum atomic E-state index is -0.163. The number of fused-ring (bicyclic) bond motifs is 1. The van der Waals surface area contributed by atoms with Crippen molar-refractivity contribution >= 4 is 0 Å². The first kappa shape index (κ1) is 22.1. The highest BCUT2D eigenvalue weighted by Crippen LogP contribution is 2.28. The maximum atomic E-state index is 13.5. The molecule has 166 valence electrons. The molecular weight excluding hydrogens is 383 g/mol. The van der Waals surface area contributed by atoms with E-state index in [0.29, 0.717) is 12.0 Å². The molecule has 0 saturated carbocycles. The van der Waals surface area contributed by atoms with Gasteiger partial charge in [0, 0.05) is 24.2 Å². The summed E-state index contributed by atoms with van der Waals surface area (Å²) in [4.78, 5) is 2.59. The Kier molecular flexibility index (Phi) is 7.45. The lowest BCUT2D eigenvalue weighted by molar-refractivity contribution is 0.280. The van der Waals surface area contributed by atoms with Gasteiger partial charge in [-0.25, -0.2) is 4.39 Å². The van der Waals surface area contributed by atoms with Gasteiger partial charge in [0.15, 0.2) is 0 Å². The Labute approximate surface area is 187 Å². The molecule has 31 heavy (non-hydrogen) atoms. The fraction of sp³-hybridized carbons (Fsp3) is 0.500. The second-order valence-electron chi connectivity index (χ2n) is 9.52. The van der Waals surface area contributed by atoms with Crippen LogP contribution in [0.5, 0.6) is 0 Å². The number of likely N-dealkylation sites (tertiary alicyclic amines) is 1. The van der Waals surface area contributed by atoms with Gasteiger partial charge in [0.05, 0.1) is 0 Å². The van der Waals surface area contributed by atoms with Crippen LogP contribution in [0.2, 0.25) is 0 Å². The summed E-state index contributed by atoms with van der Waals surface area (Å²) in [6, 6.07) is 14.4. The lowest BCUT2D eigenvalue weighted by atomic mass is 9.85. The molecule has 2 atom stereocenters. The van der Waals surface area contributed by atoms with Gasteiger partial charge in [0.1, 0.15) is 5.82 Å². The summed E-state index contributed by atoms with van der Waals surface area (Å²) in [5.74, 6) is 0.253. The Bertz CT molecular complexity index is 884. The van der Waals surface area contributed by atoms with Crippen molar-refractivity contribution in [1.29, 1.82) is 0 Å². The van der Waals surface area contributed by atoms with Crippen molar-refractivity contribution in [2.45, 2.75) is 70.3 Å². The Balaban J connectivity index is 1.43. The Morgan fingerprint density at radius 3 is 2.58 bits per heavy atom. The summed E-state index contributed by atoms with van der Waals surface area (Å²) in [6.45, 7) is 10.1. The number of aryl methyl sites for hydroxylation is 3. The third kappa shape index (κ3) is 5.98. The van der Waals surface area contributed by atoms with Crippen molar-refractivity contribution in [3.63, 3.8) is 0 Å². The molecule has 0 bridgehead atoms. The van der Waals surface area contributed by atoms with E-state index in [1.807, 2.05) is 6.07 Å². The molecule has 1 saturated heterocycles. The van der Waals surface area contributed by atoms with E-state index in [4.69, 9.17) is 0 Å². The van der Waals surface area contributed by atoms with E-state index in [9.17, 15) is 4.39 Å². The van der Waals surface area contributed by atoms with Crippen LogP contribution < -0.4 is 5.32 Å². The SMILES string of the molecule is C=C(CCc1cccc(F)c1)NC(CN1CCCC1)C(C)c1ccc2c(c1)CCCC2. The number of halogens is 1. The lowest BCUT2D eigenvalue weighted by Gasteiger charge is -2.32. The number of hydrogen-bond acceptors (Lipinski definition) is 2. The van der Waals surface area contributed by atoms with E-state index < -0.39 is 0 Å². The highest BCUT2D eigenvalue weighted by atomic mass is 19.1. The molecular formula is C28H37FN2. The molecule has 0 aromatic heterocycles. The third-order valence-electron chi connectivity index (χ3n) is 7.15. The molecule has 1 fully saturated rings. The minimum Gasteiger partial charge on any atom is -0.384 e. The van der Waals surface area contributed by atoms with Gasteiger partial charge in [0.2, 0.25) is 0 Å². The van der Waals surface area contributed by atoms with Crippen LogP contribution in [0.15, 0.2) is 54.7 Å². The molecule has 1 N–H and O–H groups in total. The van der Waals surface area contributed by atoms with E-state index in [-0.39, 0.29) is 5.82 Å². The molecule has 2 unspecified atom stereocenters. The molecule has 2 aromatic carbocycles. The Hall–Kier alpha value is -2.13. The largest absolute Gasteiger partial charge is 0.384 e. The topological polar surface area (TPSA) is 15.3 Å². The first-order valence-corrected chi connectivity index (χ1v) is 12.1. The predicted octanol–water partition coefficient (Wildman–Crippen LogP) is 6.01. The summed E-state index contributed by atoms with van der Waals surface area (Å²) < 4.78 is 13.5. The van der Waals surface area contributed by atoms with Gasteiger partial charge < -0.3 is 10.2 Å². The zero-order chi connectivity index (χ0) is 21.6. The first-order valence-electron chi connectivity index (χ1n) is 12.1. The summed E-state index contributed by atoms with van der Waals surface area (Å²) >= 11 is 0. The van der Waals surface area contributed by atoms with Gasteiger partial charge >= 0.3 is 0 Å². The van der Waals surface area contributed by atoms with Gasteiger partial charge in [-0.3, -0.25) is 0 Å². The number of rotatable bonds is 9. The van der Waals surface area contributed by atoms with E-state index in [1.54, 1.807) is 23.3 Å². The lowest BCUT2D eigenvalue weighted by Crippen LogP contribution is -2.43.